The Morgan fingerprint density at radius 3 is 2.12 bits per heavy atom. The molecule has 0 unspecified atom stereocenters. The van der Waals surface area contributed by atoms with Crippen molar-refractivity contribution in [3.05, 3.63) is 34.4 Å². The fourth-order valence-corrected chi connectivity index (χ4v) is 2.37. The van der Waals surface area contributed by atoms with Gasteiger partial charge < -0.3 is 0 Å². The molecular weight excluding hydrogens is 194 g/mol. The van der Waals surface area contributed by atoms with Crippen molar-refractivity contribution in [2.75, 3.05) is 0 Å². The molecule has 0 atom stereocenters. The van der Waals surface area contributed by atoms with E-state index in [1.54, 1.807) is 0 Å². The Kier molecular flexibility index (Phi) is 4.12. The van der Waals surface area contributed by atoms with Crippen LogP contribution in [0.4, 0.5) is 0 Å². The van der Waals surface area contributed by atoms with E-state index in [1.165, 1.54) is 16.7 Å². The number of benzene rings is 1. The highest BCUT2D eigenvalue weighted by molar-refractivity contribution is 5.49. The zero-order chi connectivity index (χ0) is 12.3. The summed E-state index contributed by atoms with van der Waals surface area (Å²) in [5, 5.41) is 9.17. The summed E-state index contributed by atoms with van der Waals surface area (Å²) in [6.07, 6.45) is 1.01. The molecule has 0 bridgehead atoms. The maximum absolute atomic E-state index is 9.17. The van der Waals surface area contributed by atoms with Crippen molar-refractivity contribution in [2.24, 2.45) is 0 Å². The average Bonchev–Trinajstić information content (AvgIpc) is 2.26. The first-order valence-electron chi connectivity index (χ1n) is 6.08. The van der Waals surface area contributed by atoms with Crippen LogP contribution < -0.4 is 0 Å². The van der Waals surface area contributed by atoms with Crippen molar-refractivity contribution < 1.29 is 0 Å². The van der Waals surface area contributed by atoms with Crippen LogP contribution in [0.1, 0.15) is 68.7 Å². The van der Waals surface area contributed by atoms with Crippen molar-refractivity contribution in [3.8, 4) is 6.07 Å². The minimum atomic E-state index is 0.420. The molecule has 86 valence electrons. The zero-order valence-corrected chi connectivity index (χ0v) is 11.0. The predicted molar refractivity (Wildman–Crippen MR) is 68.7 cm³/mol. The van der Waals surface area contributed by atoms with Gasteiger partial charge in [0, 0.05) is 0 Å². The lowest BCUT2D eigenvalue weighted by atomic mass is 9.84. The van der Waals surface area contributed by atoms with Crippen LogP contribution >= 0.6 is 0 Å². The smallest absolute Gasteiger partial charge is 0.0994 e. The molecule has 0 amide bonds. The van der Waals surface area contributed by atoms with Gasteiger partial charge in [0.15, 0.2) is 0 Å². The molecule has 0 aromatic heterocycles. The quantitative estimate of drug-likeness (QED) is 0.734. The van der Waals surface area contributed by atoms with Crippen molar-refractivity contribution >= 4 is 0 Å². The second-order valence-electron chi connectivity index (χ2n) is 4.87. The Hall–Kier alpha value is -1.29. The highest BCUT2D eigenvalue weighted by Gasteiger charge is 2.16. The monoisotopic (exact) mass is 215 g/mol. The zero-order valence-electron chi connectivity index (χ0n) is 11.0. The van der Waals surface area contributed by atoms with Gasteiger partial charge >= 0.3 is 0 Å². The molecule has 1 aromatic rings. The van der Waals surface area contributed by atoms with Crippen LogP contribution in [0.5, 0.6) is 0 Å². The minimum Gasteiger partial charge on any atom is -0.192 e. The lowest BCUT2D eigenvalue weighted by Gasteiger charge is -2.19. The van der Waals surface area contributed by atoms with Gasteiger partial charge in [-0.25, -0.2) is 0 Å². The number of rotatable bonds is 3. The molecule has 0 spiro atoms. The van der Waals surface area contributed by atoms with Crippen molar-refractivity contribution in [2.45, 2.75) is 52.9 Å². The van der Waals surface area contributed by atoms with E-state index in [-0.39, 0.29) is 0 Å². The van der Waals surface area contributed by atoms with Gasteiger partial charge in [0.1, 0.15) is 0 Å². The Balaban J connectivity index is 3.51. The molecule has 0 radical (unpaired) electrons. The number of nitrogens with zero attached hydrogens (tertiary/aromatic N) is 1. The molecule has 0 heterocycles. The van der Waals surface area contributed by atoms with Gasteiger partial charge in [0.25, 0.3) is 0 Å². The topological polar surface area (TPSA) is 23.8 Å². The summed E-state index contributed by atoms with van der Waals surface area (Å²) in [6.45, 7) is 10.9. The van der Waals surface area contributed by atoms with Gasteiger partial charge in [-0.2, -0.15) is 5.26 Å². The van der Waals surface area contributed by atoms with E-state index in [0.717, 1.165) is 12.0 Å². The summed E-state index contributed by atoms with van der Waals surface area (Å²) >= 11 is 0. The summed E-state index contributed by atoms with van der Waals surface area (Å²) in [4.78, 5) is 0. The molecule has 1 aromatic carbocycles. The molecule has 1 nitrogen and oxygen atoms in total. The van der Waals surface area contributed by atoms with Crippen LogP contribution in [-0.4, -0.2) is 0 Å². The maximum Gasteiger partial charge on any atom is 0.0994 e. The second-order valence-corrected chi connectivity index (χ2v) is 4.87. The fraction of sp³-hybridized carbons (Fsp3) is 0.533. The van der Waals surface area contributed by atoms with Crippen LogP contribution in [0.2, 0.25) is 0 Å². The maximum atomic E-state index is 9.17. The SMILES string of the molecule is CCc1c(C(C)C)ccc(C#N)c1C(C)C. The van der Waals surface area contributed by atoms with Crippen molar-refractivity contribution in [1.82, 2.24) is 0 Å². The number of nitriles is 1. The molecule has 0 saturated carbocycles. The lowest BCUT2D eigenvalue weighted by Crippen LogP contribution is -2.05. The molecular formula is C15H21N. The van der Waals surface area contributed by atoms with Crippen molar-refractivity contribution in [3.63, 3.8) is 0 Å². The van der Waals surface area contributed by atoms with E-state index in [9.17, 15) is 0 Å². The molecule has 0 fully saturated rings. The van der Waals surface area contributed by atoms with E-state index in [0.29, 0.717) is 11.8 Å². The highest BCUT2D eigenvalue weighted by Crippen LogP contribution is 2.30. The number of hydrogen-bond acceptors (Lipinski definition) is 1. The van der Waals surface area contributed by atoms with Crippen molar-refractivity contribution in [1.29, 1.82) is 5.26 Å². The van der Waals surface area contributed by atoms with Crippen LogP contribution in [0.25, 0.3) is 0 Å². The molecule has 0 aliphatic carbocycles. The van der Waals surface area contributed by atoms with Gasteiger partial charge in [0.2, 0.25) is 0 Å². The third kappa shape index (κ3) is 2.27. The largest absolute Gasteiger partial charge is 0.192 e. The molecule has 1 rings (SSSR count). The Labute approximate surface area is 99.1 Å². The molecule has 0 aliphatic heterocycles. The standard InChI is InChI=1S/C15H21N/c1-6-13-14(10(2)3)8-7-12(9-16)15(13)11(4)5/h7-8,10-11H,6H2,1-5H3. The van der Waals surface area contributed by atoms with Gasteiger partial charge in [-0.3, -0.25) is 0 Å². The van der Waals surface area contributed by atoms with Gasteiger partial charge in [-0.1, -0.05) is 40.7 Å². The first-order chi connectivity index (χ1) is 7.52. The van der Waals surface area contributed by atoms with Gasteiger partial charge in [-0.15, -0.1) is 0 Å². The fourth-order valence-electron chi connectivity index (χ4n) is 2.37. The molecule has 0 aliphatic rings. The van der Waals surface area contributed by atoms with Gasteiger partial charge in [-0.05, 0) is 41.0 Å². The van der Waals surface area contributed by atoms with Crippen LogP contribution in [0, 0.1) is 11.3 Å². The predicted octanol–water partition coefficient (Wildman–Crippen LogP) is 4.37. The third-order valence-corrected chi connectivity index (χ3v) is 3.07. The van der Waals surface area contributed by atoms with E-state index in [4.69, 9.17) is 5.26 Å². The summed E-state index contributed by atoms with van der Waals surface area (Å²) in [7, 11) is 0. The first-order valence-corrected chi connectivity index (χ1v) is 6.08. The Bertz CT molecular complexity index is 408. The van der Waals surface area contributed by atoms with Crippen LogP contribution in [-0.2, 0) is 6.42 Å². The summed E-state index contributed by atoms with van der Waals surface area (Å²) in [6, 6.07) is 6.41. The lowest BCUT2D eigenvalue weighted by molar-refractivity contribution is 0.797. The average molecular weight is 215 g/mol. The van der Waals surface area contributed by atoms with E-state index in [2.05, 4.69) is 46.8 Å². The molecule has 0 N–H and O–H groups in total. The van der Waals surface area contributed by atoms with Crippen LogP contribution in [0.3, 0.4) is 0 Å². The summed E-state index contributed by atoms with van der Waals surface area (Å²) in [5.41, 5.74) is 4.86. The van der Waals surface area contributed by atoms with E-state index in [1.807, 2.05) is 6.07 Å². The second kappa shape index (κ2) is 5.16. The highest BCUT2D eigenvalue weighted by atomic mass is 14.3. The molecule has 1 heteroatoms. The van der Waals surface area contributed by atoms with E-state index < -0.39 is 0 Å². The summed E-state index contributed by atoms with van der Waals surface area (Å²) < 4.78 is 0. The Morgan fingerprint density at radius 1 is 1.12 bits per heavy atom. The third-order valence-electron chi connectivity index (χ3n) is 3.07. The minimum absolute atomic E-state index is 0.420. The first kappa shape index (κ1) is 12.8. The normalized spacial score (nSPS) is 10.9. The van der Waals surface area contributed by atoms with Crippen LogP contribution in [0.15, 0.2) is 12.1 Å². The molecule has 0 saturated heterocycles. The summed E-state index contributed by atoms with van der Waals surface area (Å²) in [5.74, 6) is 0.948. The van der Waals surface area contributed by atoms with E-state index >= 15 is 0 Å². The number of hydrogen-bond donors (Lipinski definition) is 0. The molecule has 16 heavy (non-hydrogen) atoms. The Morgan fingerprint density at radius 2 is 1.75 bits per heavy atom. The van der Waals surface area contributed by atoms with Gasteiger partial charge in [0.05, 0.1) is 11.6 Å².